The number of sulfonamides is 1. The van der Waals surface area contributed by atoms with Crippen molar-refractivity contribution in [3.63, 3.8) is 0 Å². The molecule has 0 aliphatic carbocycles. The van der Waals surface area contributed by atoms with Crippen LogP contribution in [0.15, 0.2) is 23.1 Å². The van der Waals surface area contributed by atoms with Crippen molar-refractivity contribution < 1.29 is 13.2 Å². The summed E-state index contributed by atoms with van der Waals surface area (Å²) in [6, 6.07) is 5.23. The fraction of sp³-hybridized carbons (Fsp3) is 0.500. The van der Waals surface area contributed by atoms with Gasteiger partial charge in [-0.25, -0.2) is 8.42 Å². The van der Waals surface area contributed by atoms with Crippen LogP contribution < -0.4 is 4.74 Å². The normalized spacial score (nSPS) is 19.4. The predicted octanol–water partition coefficient (Wildman–Crippen LogP) is 2.73. The molecule has 2 heterocycles. The number of nitrogens with zero attached hydrogens (tertiary/aromatic N) is 3. The molecule has 0 spiro atoms. The maximum atomic E-state index is 13.1. The summed E-state index contributed by atoms with van der Waals surface area (Å²) in [4.78, 5) is 0.235. The van der Waals surface area contributed by atoms with E-state index in [1.165, 1.54) is 7.11 Å². The molecule has 0 radical (unpaired) electrons. The summed E-state index contributed by atoms with van der Waals surface area (Å²) in [5.74, 6) is 0.491. The SMILES string of the molecule is COc1ccc(C)cc1S(=O)(=O)N1CCCC(c2nnc(C)s2)C1. The lowest BCUT2D eigenvalue weighted by atomic mass is 10.0. The van der Waals surface area contributed by atoms with Crippen LogP contribution in [-0.2, 0) is 10.0 Å². The van der Waals surface area contributed by atoms with Crippen LogP contribution in [0.5, 0.6) is 5.75 Å². The van der Waals surface area contributed by atoms with Crippen LogP contribution in [0.4, 0.5) is 0 Å². The van der Waals surface area contributed by atoms with E-state index in [0.29, 0.717) is 18.8 Å². The van der Waals surface area contributed by atoms with Crippen molar-refractivity contribution in [1.29, 1.82) is 0 Å². The first-order chi connectivity index (χ1) is 11.4. The Kier molecular flexibility index (Phi) is 4.89. The second kappa shape index (κ2) is 6.78. The van der Waals surface area contributed by atoms with Crippen LogP contribution in [0.3, 0.4) is 0 Å². The molecule has 0 saturated carbocycles. The lowest BCUT2D eigenvalue weighted by Gasteiger charge is -2.31. The molecule has 1 aliphatic heterocycles. The minimum absolute atomic E-state index is 0.107. The molecule has 0 bridgehead atoms. The predicted molar refractivity (Wildman–Crippen MR) is 93.1 cm³/mol. The molecule has 0 N–H and O–H groups in total. The molecule has 8 heteroatoms. The molecule has 1 aromatic heterocycles. The number of methoxy groups -OCH3 is 1. The smallest absolute Gasteiger partial charge is 0.246 e. The van der Waals surface area contributed by atoms with E-state index < -0.39 is 10.0 Å². The Balaban J connectivity index is 1.91. The first-order valence-corrected chi connectivity index (χ1v) is 10.1. The van der Waals surface area contributed by atoms with E-state index >= 15 is 0 Å². The van der Waals surface area contributed by atoms with Crippen molar-refractivity contribution in [2.45, 2.75) is 37.5 Å². The number of rotatable bonds is 4. The van der Waals surface area contributed by atoms with E-state index in [-0.39, 0.29) is 10.8 Å². The Morgan fingerprint density at radius 2 is 2.08 bits per heavy atom. The fourth-order valence-electron chi connectivity index (χ4n) is 2.96. The summed E-state index contributed by atoms with van der Waals surface area (Å²) in [5, 5.41) is 10.1. The topological polar surface area (TPSA) is 72.4 Å². The Hall–Kier alpha value is -1.51. The van der Waals surface area contributed by atoms with E-state index in [2.05, 4.69) is 10.2 Å². The molecular formula is C16H21N3O3S2. The quantitative estimate of drug-likeness (QED) is 0.831. The second-order valence-corrected chi connectivity index (χ2v) is 9.14. The molecule has 1 aliphatic rings. The van der Waals surface area contributed by atoms with Gasteiger partial charge in [-0.3, -0.25) is 0 Å². The molecule has 1 saturated heterocycles. The van der Waals surface area contributed by atoms with Crippen LogP contribution >= 0.6 is 11.3 Å². The largest absolute Gasteiger partial charge is 0.495 e. The minimum Gasteiger partial charge on any atom is -0.495 e. The monoisotopic (exact) mass is 367 g/mol. The van der Waals surface area contributed by atoms with E-state index in [9.17, 15) is 8.42 Å². The molecule has 6 nitrogen and oxygen atoms in total. The number of benzene rings is 1. The maximum Gasteiger partial charge on any atom is 0.246 e. The van der Waals surface area contributed by atoms with Gasteiger partial charge in [0, 0.05) is 19.0 Å². The average molecular weight is 367 g/mol. The Bertz CT molecular complexity index is 833. The number of hydrogen-bond donors (Lipinski definition) is 0. The summed E-state index contributed by atoms with van der Waals surface area (Å²) < 4.78 is 33.0. The summed E-state index contributed by atoms with van der Waals surface area (Å²) in [5.41, 5.74) is 0.891. The summed E-state index contributed by atoms with van der Waals surface area (Å²) in [6.07, 6.45) is 1.75. The Morgan fingerprint density at radius 3 is 2.75 bits per heavy atom. The zero-order valence-electron chi connectivity index (χ0n) is 14.0. The average Bonchev–Trinajstić information content (AvgIpc) is 3.01. The van der Waals surface area contributed by atoms with Gasteiger partial charge in [0.15, 0.2) is 0 Å². The molecule has 1 fully saturated rings. The third-order valence-electron chi connectivity index (χ3n) is 4.21. The maximum absolute atomic E-state index is 13.1. The van der Waals surface area contributed by atoms with Gasteiger partial charge in [0.05, 0.1) is 7.11 Å². The summed E-state index contributed by atoms with van der Waals surface area (Å²) in [6.45, 7) is 4.75. The standard InChI is InChI=1S/C16H21N3O3S2/c1-11-6-7-14(22-3)15(9-11)24(20,21)19-8-4-5-13(10-19)16-18-17-12(2)23-16/h6-7,9,13H,4-5,8,10H2,1-3H3. The number of ether oxygens (including phenoxy) is 1. The van der Waals surface area contributed by atoms with Gasteiger partial charge in [0.1, 0.15) is 20.7 Å². The van der Waals surface area contributed by atoms with Crippen molar-refractivity contribution in [3.05, 3.63) is 33.8 Å². The Labute approximate surface area is 146 Å². The fourth-order valence-corrected chi connectivity index (χ4v) is 5.55. The van der Waals surface area contributed by atoms with Gasteiger partial charge in [-0.2, -0.15) is 4.31 Å². The van der Waals surface area contributed by atoms with E-state index in [1.807, 2.05) is 19.9 Å². The highest BCUT2D eigenvalue weighted by molar-refractivity contribution is 7.89. The van der Waals surface area contributed by atoms with Gasteiger partial charge in [-0.05, 0) is 44.4 Å². The van der Waals surface area contributed by atoms with Gasteiger partial charge < -0.3 is 4.74 Å². The third kappa shape index (κ3) is 3.31. The number of piperidine rings is 1. The van der Waals surface area contributed by atoms with E-state index in [0.717, 1.165) is 28.4 Å². The molecule has 2 aromatic rings. The van der Waals surface area contributed by atoms with Gasteiger partial charge in [0.25, 0.3) is 0 Å². The molecule has 24 heavy (non-hydrogen) atoms. The molecule has 3 rings (SSSR count). The molecule has 0 amide bonds. The number of hydrogen-bond acceptors (Lipinski definition) is 6. The van der Waals surface area contributed by atoms with Crippen LogP contribution in [0, 0.1) is 13.8 Å². The van der Waals surface area contributed by atoms with Crippen molar-refractivity contribution in [1.82, 2.24) is 14.5 Å². The van der Waals surface area contributed by atoms with Crippen LogP contribution in [-0.4, -0.2) is 43.1 Å². The number of aryl methyl sites for hydroxylation is 2. The van der Waals surface area contributed by atoms with Crippen LogP contribution in [0.25, 0.3) is 0 Å². The first-order valence-electron chi connectivity index (χ1n) is 7.86. The highest BCUT2D eigenvalue weighted by Gasteiger charge is 2.34. The van der Waals surface area contributed by atoms with Crippen molar-refractivity contribution in [2.75, 3.05) is 20.2 Å². The van der Waals surface area contributed by atoms with Crippen molar-refractivity contribution in [3.8, 4) is 5.75 Å². The van der Waals surface area contributed by atoms with Crippen LogP contribution in [0.1, 0.15) is 34.3 Å². The molecule has 130 valence electrons. The lowest BCUT2D eigenvalue weighted by Crippen LogP contribution is -2.39. The van der Waals surface area contributed by atoms with Gasteiger partial charge in [0.2, 0.25) is 10.0 Å². The highest BCUT2D eigenvalue weighted by Crippen LogP contribution is 2.34. The summed E-state index contributed by atoms with van der Waals surface area (Å²) in [7, 11) is -2.10. The van der Waals surface area contributed by atoms with Crippen molar-refractivity contribution >= 4 is 21.4 Å². The minimum atomic E-state index is -3.60. The molecule has 1 atom stereocenters. The van der Waals surface area contributed by atoms with Gasteiger partial charge in [-0.1, -0.05) is 6.07 Å². The molecule has 1 unspecified atom stereocenters. The zero-order valence-corrected chi connectivity index (χ0v) is 15.7. The molecule has 1 aromatic carbocycles. The highest BCUT2D eigenvalue weighted by atomic mass is 32.2. The summed E-state index contributed by atoms with van der Waals surface area (Å²) >= 11 is 1.54. The Morgan fingerprint density at radius 1 is 1.29 bits per heavy atom. The number of aromatic nitrogens is 2. The molecular weight excluding hydrogens is 346 g/mol. The van der Waals surface area contributed by atoms with Gasteiger partial charge >= 0.3 is 0 Å². The zero-order chi connectivity index (χ0) is 17.3. The van der Waals surface area contributed by atoms with E-state index in [4.69, 9.17) is 4.74 Å². The van der Waals surface area contributed by atoms with Gasteiger partial charge in [-0.15, -0.1) is 21.5 Å². The van der Waals surface area contributed by atoms with E-state index in [1.54, 1.807) is 27.8 Å². The lowest BCUT2D eigenvalue weighted by molar-refractivity contribution is 0.312. The first kappa shape index (κ1) is 17.3. The van der Waals surface area contributed by atoms with Crippen molar-refractivity contribution in [2.24, 2.45) is 0 Å². The third-order valence-corrected chi connectivity index (χ3v) is 7.10. The van der Waals surface area contributed by atoms with Crippen LogP contribution in [0.2, 0.25) is 0 Å². The second-order valence-electron chi connectivity index (χ2n) is 6.02.